The molecule has 23 heavy (non-hydrogen) atoms. The average molecular weight is 315 g/mol. The van der Waals surface area contributed by atoms with E-state index in [1.807, 2.05) is 18.0 Å². The van der Waals surface area contributed by atoms with E-state index in [1.54, 1.807) is 0 Å². The Kier molecular flexibility index (Phi) is 3.99. The van der Waals surface area contributed by atoms with Crippen molar-refractivity contribution in [1.82, 2.24) is 4.90 Å². The molecular formula is C18H25N3O2. The summed E-state index contributed by atoms with van der Waals surface area (Å²) in [6.07, 6.45) is 2.37. The normalized spacial score (nSPS) is 25.3. The molecule has 2 heterocycles. The van der Waals surface area contributed by atoms with Gasteiger partial charge in [0.2, 0.25) is 0 Å². The van der Waals surface area contributed by atoms with E-state index in [1.165, 1.54) is 18.5 Å². The number of ether oxygens (including phenoxy) is 1. The van der Waals surface area contributed by atoms with Crippen molar-refractivity contribution >= 4 is 17.3 Å². The first kappa shape index (κ1) is 15.0. The van der Waals surface area contributed by atoms with Crippen molar-refractivity contribution < 1.29 is 9.53 Å². The molecule has 1 aromatic rings. The second kappa shape index (κ2) is 6.13. The fourth-order valence-corrected chi connectivity index (χ4v) is 3.55. The molecule has 0 N–H and O–H groups in total. The highest BCUT2D eigenvalue weighted by Gasteiger charge is 2.35. The van der Waals surface area contributed by atoms with Crippen LogP contribution in [0, 0.1) is 5.92 Å². The number of anilines is 2. The summed E-state index contributed by atoms with van der Waals surface area (Å²) in [5.41, 5.74) is 2.24. The lowest BCUT2D eigenvalue weighted by atomic mass is 10.1. The smallest absolute Gasteiger partial charge is 0.257 e. The minimum absolute atomic E-state index is 0.107. The first-order chi connectivity index (χ1) is 11.2. The molecule has 0 spiro atoms. The number of carbonyl (C=O) groups is 1. The summed E-state index contributed by atoms with van der Waals surface area (Å²) in [6, 6.07) is 8.30. The van der Waals surface area contributed by atoms with E-state index in [0.717, 1.165) is 37.8 Å². The van der Waals surface area contributed by atoms with E-state index in [2.05, 4.69) is 28.0 Å². The molecule has 0 aromatic heterocycles. The Morgan fingerprint density at radius 2 is 1.96 bits per heavy atom. The predicted molar refractivity (Wildman–Crippen MR) is 91.0 cm³/mol. The third-order valence-corrected chi connectivity index (χ3v) is 5.09. The fourth-order valence-electron chi connectivity index (χ4n) is 3.55. The van der Waals surface area contributed by atoms with Crippen LogP contribution in [-0.2, 0) is 9.53 Å². The maximum absolute atomic E-state index is 13.0. The molecule has 1 aromatic carbocycles. The van der Waals surface area contributed by atoms with Gasteiger partial charge in [0.05, 0.1) is 18.0 Å². The van der Waals surface area contributed by atoms with Gasteiger partial charge in [-0.3, -0.25) is 4.79 Å². The van der Waals surface area contributed by atoms with Crippen LogP contribution in [0.4, 0.5) is 11.4 Å². The number of nitrogens with zero attached hydrogens (tertiary/aromatic N) is 3. The minimum Gasteiger partial charge on any atom is -0.368 e. The molecule has 2 aliphatic heterocycles. The number of hydrogen-bond acceptors (Lipinski definition) is 4. The SMILES string of the molecule is CN1CCO[C@@H](C(=O)N2CCN(CC3CC3)c3ccccc32)C1. The topological polar surface area (TPSA) is 36.0 Å². The Hall–Kier alpha value is -1.59. The molecule has 124 valence electrons. The molecule has 0 bridgehead atoms. The van der Waals surface area contributed by atoms with Gasteiger partial charge in [-0.05, 0) is 37.9 Å². The Balaban J connectivity index is 1.55. The van der Waals surface area contributed by atoms with Crippen LogP contribution in [0.5, 0.6) is 0 Å². The Morgan fingerprint density at radius 1 is 1.17 bits per heavy atom. The van der Waals surface area contributed by atoms with Gasteiger partial charge in [-0.1, -0.05) is 12.1 Å². The van der Waals surface area contributed by atoms with Crippen LogP contribution in [-0.4, -0.2) is 63.3 Å². The van der Waals surface area contributed by atoms with Crippen LogP contribution in [0.15, 0.2) is 24.3 Å². The van der Waals surface area contributed by atoms with Crippen LogP contribution in [0.1, 0.15) is 12.8 Å². The van der Waals surface area contributed by atoms with Gasteiger partial charge in [0.15, 0.2) is 0 Å². The molecule has 5 nitrogen and oxygen atoms in total. The second-order valence-corrected chi connectivity index (χ2v) is 6.99. The van der Waals surface area contributed by atoms with E-state index in [-0.39, 0.29) is 12.0 Å². The van der Waals surface area contributed by atoms with Crippen molar-refractivity contribution in [2.45, 2.75) is 18.9 Å². The fraction of sp³-hybridized carbons (Fsp3) is 0.611. The number of fused-ring (bicyclic) bond motifs is 1. The van der Waals surface area contributed by atoms with Crippen LogP contribution in [0.2, 0.25) is 0 Å². The molecule has 2 fully saturated rings. The third kappa shape index (κ3) is 3.08. The van der Waals surface area contributed by atoms with Gasteiger partial charge in [-0.15, -0.1) is 0 Å². The lowest BCUT2D eigenvalue weighted by Gasteiger charge is -2.40. The second-order valence-electron chi connectivity index (χ2n) is 6.99. The molecule has 1 saturated carbocycles. The summed E-state index contributed by atoms with van der Waals surface area (Å²) in [5.74, 6) is 0.954. The largest absolute Gasteiger partial charge is 0.368 e. The van der Waals surface area contributed by atoms with E-state index in [9.17, 15) is 4.79 Å². The maximum atomic E-state index is 13.0. The number of carbonyl (C=O) groups excluding carboxylic acids is 1. The Bertz CT molecular complexity index is 587. The van der Waals surface area contributed by atoms with E-state index < -0.39 is 0 Å². The number of benzene rings is 1. The lowest BCUT2D eigenvalue weighted by molar-refractivity contribution is -0.135. The molecule has 5 heteroatoms. The third-order valence-electron chi connectivity index (χ3n) is 5.09. The van der Waals surface area contributed by atoms with Crippen LogP contribution < -0.4 is 9.80 Å². The highest BCUT2D eigenvalue weighted by atomic mass is 16.5. The van der Waals surface area contributed by atoms with Crippen molar-refractivity contribution in [3.05, 3.63) is 24.3 Å². The predicted octanol–water partition coefficient (Wildman–Crippen LogP) is 1.58. The van der Waals surface area contributed by atoms with Crippen LogP contribution >= 0.6 is 0 Å². The summed E-state index contributed by atoms with van der Waals surface area (Å²) in [5, 5.41) is 0. The summed E-state index contributed by atoms with van der Waals surface area (Å²) < 4.78 is 5.73. The first-order valence-corrected chi connectivity index (χ1v) is 8.68. The molecule has 1 atom stereocenters. The van der Waals surface area contributed by atoms with E-state index >= 15 is 0 Å². The number of hydrogen-bond donors (Lipinski definition) is 0. The molecule has 1 amide bonds. The van der Waals surface area contributed by atoms with Crippen molar-refractivity contribution in [3.63, 3.8) is 0 Å². The number of para-hydroxylation sites is 2. The molecule has 0 unspecified atom stereocenters. The minimum atomic E-state index is -0.336. The van der Waals surface area contributed by atoms with Crippen molar-refractivity contribution in [2.75, 3.05) is 56.2 Å². The van der Waals surface area contributed by atoms with E-state index in [0.29, 0.717) is 13.2 Å². The van der Waals surface area contributed by atoms with Gasteiger partial charge in [-0.25, -0.2) is 0 Å². The molecule has 3 aliphatic rings. The number of likely N-dealkylation sites (N-methyl/N-ethyl adjacent to an activating group) is 1. The van der Waals surface area contributed by atoms with Gasteiger partial charge < -0.3 is 19.4 Å². The zero-order chi connectivity index (χ0) is 15.8. The highest BCUT2D eigenvalue weighted by Crippen LogP contribution is 2.37. The Morgan fingerprint density at radius 3 is 2.70 bits per heavy atom. The van der Waals surface area contributed by atoms with Gasteiger partial charge in [0.1, 0.15) is 6.10 Å². The van der Waals surface area contributed by atoms with Crippen molar-refractivity contribution in [3.8, 4) is 0 Å². The number of rotatable bonds is 3. The zero-order valence-corrected chi connectivity index (χ0v) is 13.8. The van der Waals surface area contributed by atoms with Gasteiger partial charge in [0.25, 0.3) is 5.91 Å². The number of amides is 1. The van der Waals surface area contributed by atoms with Crippen LogP contribution in [0.25, 0.3) is 0 Å². The first-order valence-electron chi connectivity index (χ1n) is 8.68. The standard InChI is InChI=1S/C18H25N3O2/c1-19-10-11-23-17(13-19)18(22)21-9-8-20(12-14-6-7-14)15-4-2-3-5-16(15)21/h2-5,14,17H,6-13H2,1H3/t17-/m1/s1. The Labute approximate surface area is 137 Å². The summed E-state index contributed by atoms with van der Waals surface area (Å²) in [6.45, 7) is 5.02. The van der Waals surface area contributed by atoms with Gasteiger partial charge in [-0.2, -0.15) is 0 Å². The highest BCUT2D eigenvalue weighted by molar-refractivity contribution is 6.00. The molecule has 1 aliphatic carbocycles. The zero-order valence-electron chi connectivity index (χ0n) is 13.8. The van der Waals surface area contributed by atoms with Crippen LogP contribution in [0.3, 0.4) is 0 Å². The van der Waals surface area contributed by atoms with Gasteiger partial charge >= 0.3 is 0 Å². The molecule has 1 saturated heterocycles. The summed E-state index contributed by atoms with van der Waals surface area (Å²) in [7, 11) is 2.05. The summed E-state index contributed by atoms with van der Waals surface area (Å²) >= 11 is 0. The molecular weight excluding hydrogens is 290 g/mol. The monoisotopic (exact) mass is 315 g/mol. The number of morpholine rings is 1. The quantitative estimate of drug-likeness (QED) is 0.848. The average Bonchev–Trinajstić information content (AvgIpc) is 3.39. The van der Waals surface area contributed by atoms with E-state index in [4.69, 9.17) is 4.74 Å². The van der Waals surface area contributed by atoms with Crippen molar-refractivity contribution in [2.24, 2.45) is 5.92 Å². The molecule has 4 rings (SSSR count). The lowest BCUT2D eigenvalue weighted by Crippen LogP contribution is -2.53. The summed E-state index contributed by atoms with van der Waals surface area (Å²) in [4.78, 5) is 19.5. The van der Waals surface area contributed by atoms with Crippen molar-refractivity contribution in [1.29, 1.82) is 0 Å². The molecule has 0 radical (unpaired) electrons. The maximum Gasteiger partial charge on any atom is 0.257 e. The van der Waals surface area contributed by atoms with Gasteiger partial charge in [0, 0.05) is 32.7 Å².